The Bertz CT molecular complexity index is 716. The van der Waals surface area contributed by atoms with Crippen LogP contribution in [0.5, 0.6) is 0 Å². The fraction of sp³-hybridized carbons (Fsp3) is 0.263. The number of benzene rings is 2. The van der Waals surface area contributed by atoms with Crippen LogP contribution in [0.4, 0.5) is 5.69 Å². The van der Waals surface area contributed by atoms with Crippen LogP contribution in [-0.2, 0) is 21.9 Å². The number of thioether (sulfide) groups is 1. The summed E-state index contributed by atoms with van der Waals surface area (Å²) < 4.78 is 0. The van der Waals surface area contributed by atoms with E-state index < -0.39 is 0 Å². The molecule has 0 aromatic heterocycles. The Morgan fingerprint density at radius 2 is 1.79 bits per heavy atom. The minimum absolute atomic E-state index is 0.0273. The molecule has 0 spiro atoms. The summed E-state index contributed by atoms with van der Waals surface area (Å²) >= 11 is 1.56. The molecule has 0 heterocycles. The van der Waals surface area contributed by atoms with E-state index in [-0.39, 0.29) is 11.8 Å². The Balaban J connectivity index is 1.73. The second-order valence-electron chi connectivity index (χ2n) is 5.64. The van der Waals surface area contributed by atoms with Crippen molar-refractivity contribution < 1.29 is 9.59 Å². The number of aryl methyl sites for hydroxylation is 1. The third kappa shape index (κ3) is 6.46. The molecule has 126 valence electrons. The van der Waals surface area contributed by atoms with Crippen molar-refractivity contribution in [1.82, 2.24) is 5.32 Å². The van der Waals surface area contributed by atoms with Gasteiger partial charge in [-0.2, -0.15) is 0 Å². The predicted molar refractivity (Wildman–Crippen MR) is 99.9 cm³/mol. The number of hydrogen-bond acceptors (Lipinski definition) is 3. The lowest BCUT2D eigenvalue weighted by Crippen LogP contribution is -2.24. The van der Waals surface area contributed by atoms with E-state index in [1.54, 1.807) is 11.8 Å². The fourth-order valence-corrected chi connectivity index (χ4v) is 3.08. The molecule has 0 saturated heterocycles. The van der Waals surface area contributed by atoms with Crippen molar-refractivity contribution >= 4 is 29.3 Å². The Morgan fingerprint density at radius 1 is 1.04 bits per heavy atom. The SMILES string of the molecule is CC(=O)Nc1cccc(CSCC(=O)NCc2cccc(C)c2)c1. The topological polar surface area (TPSA) is 58.2 Å². The maximum absolute atomic E-state index is 11.9. The van der Waals surface area contributed by atoms with E-state index in [1.165, 1.54) is 12.5 Å². The van der Waals surface area contributed by atoms with Crippen molar-refractivity contribution in [2.24, 2.45) is 0 Å². The summed E-state index contributed by atoms with van der Waals surface area (Å²) in [6.07, 6.45) is 0. The minimum atomic E-state index is -0.0877. The second-order valence-corrected chi connectivity index (χ2v) is 6.63. The van der Waals surface area contributed by atoms with Crippen LogP contribution in [0, 0.1) is 6.92 Å². The summed E-state index contributed by atoms with van der Waals surface area (Å²) in [6.45, 7) is 4.08. The van der Waals surface area contributed by atoms with Gasteiger partial charge in [-0.15, -0.1) is 11.8 Å². The number of nitrogens with one attached hydrogen (secondary N) is 2. The largest absolute Gasteiger partial charge is 0.351 e. The van der Waals surface area contributed by atoms with Crippen LogP contribution in [0.25, 0.3) is 0 Å². The van der Waals surface area contributed by atoms with E-state index in [4.69, 9.17) is 0 Å². The number of amides is 2. The molecule has 0 aliphatic rings. The van der Waals surface area contributed by atoms with Gasteiger partial charge in [-0.3, -0.25) is 9.59 Å². The van der Waals surface area contributed by atoms with Gasteiger partial charge in [-0.1, -0.05) is 42.0 Å². The van der Waals surface area contributed by atoms with Crippen LogP contribution in [0.1, 0.15) is 23.6 Å². The molecule has 0 aliphatic heterocycles. The van der Waals surface area contributed by atoms with Crippen LogP contribution in [0.2, 0.25) is 0 Å². The molecule has 4 nitrogen and oxygen atoms in total. The number of hydrogen-bond donors (Lipinski definition) is 2. The normalized spacial score (nSPS) is 10.2. The maximum atomic E-state index is 11.9. The molecule has 0 aliphatic carbocycles. The van der Waals surface area contributed by atoms with Crippen LogP contribution in [0.3, 0.4) is 0 Å². The van der Waals surface area contributed by atoms with Gasteiger partial charge >= 0.3 is 0 Å². The van der Waals surface area contributed by atoms with Crippen molar-refractivity contribution in [2.75, 3.05) is 11.1 Å². The molecule has 2 amide bonds. The molecule has 2 rings (SSSR count). The van der Waals surface area contributed by atoms with Crippen molar-refractivity contribution in [3.05, 3.63) is 65.2 Å². The first kappa shape index (κ1) is 18.1. The van der Waals surface area contributed by atoms with Gasteiger partial charge in [0.15, 0.2) is 0 Å². The van der Waals surface area contributed by atoms with Crippen LogP contribution in [0.15, 0.2) is 48.5 Å². The highest BCUT2D eigenvalue weighted by atomic mass is 32.2. The van der Waals surface area contributed by atoms with Gasteiger partial charge < -0.3 is 10.6 Å². The third-order valence-corrected chi connectivity index (χ3v) is 4.33. The predicted octanol–water partition coefficient (Wildman–Crippen LogP) is 3.50. The molecule has 2 N–H and O–H groups in total. The Labute approximate surface area is 147 Å². The first-order chi connectivity index (χ1) is 11.5. The summed E-state index contributed by atoms with van der Waals surface area (Å²) in [5.41, 5.74) is 4.16. The highest BCUT2D eigenvalue weighted by Gasteiger charge is 2.03. The fourth-order valence-electron chi connectivity index (χ4n) is 2.28. The Kier molecular flexibility index (Phi) is 6.88. The molecule has 2 aromatic rings. The van der Waals surface area contributed by atoms with E-state index in [1.807, 2.05) is 49.4 Å². The standard InChI is InChI=1S/C19H22N2O2S/c1-14-5-3-6-16(9-14)11-20-19(23)13-24-12-17-7-4-8-18(10-17)21-15(2)22/h3-10H,11-13H2,1-2H3,(H,20,23)(H,21,22). The van der Waals surface area contributed by atoms with Gasteiger partial charge in [0.25, 0.3) is 0 Å². The maximum Gasteiger partial charge on any atom is 0.230 e. The molecule has 0 radical (unpaired) electrons. The lowest BCUT2D eigenvalue weighted by Gasteiger charge is -2.07. The highest BCUT2D eigenvalue weighted by Crippen LogP contribution is 2.16. The van der Waals surface area contributed by atoms with E-state index in [9.17, 15) is 9.59 Å². The molecule has 0 unspecified atom stereocenters. The summed E-state index contributed by atoms with van der Waals surface area (Å²) in [4.78, 5) is 23.0. The van der Waals surface area contributed by atoms with E-state index in [2.05, 4.69) is 16.7 Å². The summed E-state index contributed by atoms with van der Waals surface area (Å²) in [5, 5.41) is 5.69. The first-order valence-electron chi connectivity index (χ1n) is 7.79. The third-order valence-electron chi connectivity index (χ3n) is 3.32. The quantitative estimate of drug-likeness (QED) is 0.810. The van der Waals surface area contributed by atoms with E-state index in [0.717, 1.165) is 22.6 Å². The molecule has 24 heavy (non-hydrogen) atoms. The number of carbonyl (C=O) groups is 2. The molecule has 2 aromatic carbocycles. The smallest absolute Gasteiger partial charge is 0.230 e. The number of carbonyl (C=O) groups excluding carboxylic acids is 2. The molecule has 5 heteroatoms. The number of anilines is 1. The van der Waals surface area contributed by atoms with Gasteiger partial charge in [0.1, 0.15) is 0 Å². The number of rotatable bonds is 7. The zero-order valence-corrected chi connectivity index (χ0v) is 14.8. The lowest BCUT2D eigenvalue weighted by molar-refractivity contribution is -0.118. The van der Waals surface area contributed by atoms with Crippen molar-refractivity contribution in [3.8, 4) is 0 Å². The molecule has 0 atom stereocenters. The van der Waals surface area contributed by atoms with Gasteiger partial charge in [-0.05, 0) is 30.2 Å². The Hall–Kier alpha value is -2.27. The summed E-state index contributed by atoms with van der Waals surface area (Å²) in [5.74, 6) is 1.08. The molecule has 0 bridgehead atoms. The highest BCUT2D eigenvalue weighted by molar-refractivity contribution is 7.99. The zero-order valence-electron chi connectivity index (χ0n) is 14.0. The van der Waals surface area contributed by atoms with Crippen molar-refractivity contribution in [3.63, 3.8) is 0 Å². The zero-order chi connectivity index (χ0) is 17.4. The summed E-state index contributed by atoms with van der Waals surface area (Å²) in [6, 6.07) is 15.8. The van der Waals surface area contributed by atoms with Gasteiger partial charge in [0, 0.05) is 24.9 Å². The average molecular weight is 342 g/mol. The van der Waals surface area contributed by atoms with E-state index >= 15 is 0 Å². The van der Waals surface area contributed by atoms with Crippen molar-refractivity contribution in [1.29, 1.82) is 0 Å². The van der Waals surface area contributed by atoms with Gasteiger partial charge in [-0.25, -0.2) is 0 Å². The molecular weight excluding hydrogens is 320 g/mol. The van der Waals surface area contributed by atoms with E-state index in [0.29, 0.717) is 12.3 Å². The first-order valence-corrected chi connectivity index (χ1v) is 8.95. The molecular formula is C19H22N2O2S. The Morgan fingerprint density at radius 3 is 2.54 bits per heavy atom. The van der Waals surface area contributed by atoms with Crippen LogP contribution >= 0.6 is 11.8 Å². The molecule has 0 saturated carbocycles. The van der Waals surface area contributed by atoms with Gasteiger partial charge in [0.05, 0.1) is 5.75 Å². The minimum Gasteiger partial charge on any atom is -0.351 e. The summed E-state index contributed by atoms with van der Waals surface area (Å²) in [7, 11) is 0. The monoisotopic (exact) mass is 342 g/mol. The lowest BCUT2D eigenvalue weighted by atomic mass is 10.1. The van der Waals surface area contributed by atoms with Crippen LogP contribution < -0.4 is 10.6 Å². The average Bonchev–Trinajstić information content (AvgIpc) is 2.53. The molecule has 0 fully saturated rings. The van der Waals surface area contributed by atoms with Gasteiger partial charge in [0.2, 0.25) is 11.8 Å². The van der Waals surface area contributed by atoms with Crippen LogP contribution in [-0.4, -0.2) is 17.6 Å². The second kappa shape index (κ2) is 9.13. The van der Waals surface area contributed by atoms with Crippen molar-refractivity contribution in [2.45, 2.75) is 26.1 Å².